The summed E-state index contributed by atoms with van der Waals surface area (Å²) in [5.41, 5.74) is 0. The van der Waals surface area contributed by atoms with Gasteiger partial charge in [0.1, 0.15) is 6.17 Å². The summed E-state index contributed by atoms with van der Waals surface area (Å²) in [7, 11) is 1.84. The van der Waals surface area contributed by atoms with Crippen LogP contribution in [0.2, 0.25) is 0 Å². The van der Waals surface area contributed by atoms with E-state index in [1.807, 2.05) is 7.05 Å². The average Bonchev–Trinajstić information content (AvgIpc) is 2.72. The van der Waals surface area contributed by atoms with Crippen molar-refractivity contribution in [2.75, 3.05) is 33.4 Å². The number of hydrogen-bond donors (Lipinski definition) is 1. The van der Waals surface area contributed by atoms with Crippen molar-refractivity contribution in [1.82, 2.24) is 10.2 Å². The van der Waals surface area contributed by atoms with Crippen molar-refractivity contribution >= 4 is 5.91 Å². The van der Waals surface area contributed by atoms with Gasteiger partial charge in [-0.05, 0) is 25.8 Å². The fraction of sp³-hybridized carbons (Fsp3) is 0.923. The molecule has 4 nitrogen and oxygen atoms in total. The van der Waals surface area contributed by atoms with Gasteiger partial charge >= 0.3 is 0 Å². The SMILES string of the molecule is CNC[C@@H]1C[C@H](F)CN1C(=O)CC1CCOCC1. The molecule has 2 heterocycles. The van der Waals surface area contributed by atoms with Gasteiger partial charge in [0.2, 0.25) is 5.91 Å². The van der Waals surface area contributed by atoms with Crippen molar-refractivity contribution in [3.05, 3.63) is 0 Å². The smallest absolute Gasteiger partial charge is 0.223 e. The molecule has 104 valence electrons. The van der Waals surface area contributed by atoms with Crippen LogP contribution < -0.4 is 5.32 Å². The Hall–Kier alpha value is -0.680. The standard InChI is InChI=1S/C13H23FN2O2/c1-15-8-12-7-11(14)9-16(12)13(17)6-10-2-4-18-5-3-10/h10-12,15H,2-9H2,1H3/t11-,12-/m0/s1. The van der Waals surface area contributed by atoms with Crippen molar-refractivity contribution in [3.8, 4) is 0 Å². The van der Waals surface area contributed by atoms with Gasteiger partial charge < -0.3 is 15.0 Å². The van der Waals surface area contributed by atoms with Crippen LogP contribution in [-0.4, -0.2) is 56.4 Å². The number of nitrogens with one attached hydrogen (secondary N) is 1. The molecule has 18 heavy (non-hydrogen) atoms. The molecular weight excluding hydrogens is 235 g/mol. The number of likely N-dealkylation sites (tertiary alicyclic amines) is 1. The summed E-state index contributed by atoms with van der Waals surface area (Å²) in [6.07, 6.45) is 2.07. The maximum absolute atomic E-state index is 13.4. The molecule has 0 unspecified atom stereocenters. The summed E-state index contributed by atoms with van der Waals surface area (Å²) < 4.78 is 18.7. The Balaban J connectivity index is 1.86. The Morgan fingerprint density at radius 2 is 2.17 bits per heavy atom. The molecule has 2 rings (SSSR count). The van der Waals surface area contributed by atoms with Gasteiger partial charge in [-0.25, -0.2) is 4.39 Å². The summed E-state index contributed by atoms with van der Waals surface area (Å²) in [5.74, 6) is 0.530. The molecule has 0 radical (unpaired) electrons. The van der Waals surface area contributed by atoms with Crippen LogP contribution in [0.1, 0.15) is 25.7 Å². The summed E-state index contributed by atoms with van der Waals surface area (Å²) in [5, 5.41) is 3.04. The fourth-order valence-electron chi connectivity index (χ4n) is 2.91. The molecule has 2 aliphatic heterocycles. The third-order valence-corrected chi connectivity index (χ3v) is 3.93. The Kier molecular flexibility index (Phi) is 4.95. The van der Waals surface area contributed by atoms with E-state index in [1.165, 1.54) is 0 Å². The van der Waals surface area contributed by atoms with E-state index >= 15 is 0 Å². The first-order chi connectivity index (χ1) is 8.70. The van der Waals surface area contributed by atoms with Crippen LogP contribution in [-0.2, 0) is 9.53 Å². The van der Waals surface area contributed by atoms with Gasteiger partial charge in [-0.15, -0.1) is 0 Å². The Morgan fingerprint density at radius 3 is 2.83 bits per heavy atom. The van der Waals surface area contributed by atoms with Crippen LogP contribution in [0.4, 0.5) is 4.39 Å². The number of ether oxygens (including phenoxy) is 1. The number of amides is 1. The molecule has 2 aliphatic rings. The minimum Gasteiger partial charge on any atom is -0.381 e. The van der Waals surface area contributed by atoms with Gasteiger partial charge in [-0.2, -0.15) is 0 Å². The van der Waals surface area contributed by atoms with Gasteiger partial charge in [0.15, 0.2) is 0 Å². The molecule has 5 heteroatoms. The van der Waals surface area contributed by atoms with Gasteiger partial charge in [-0.1, -0.05) is 0 Å². The Labute approximate surface area is 108 Å². The molecule has 0 aromatic carbocycles. The number of rotatable bonds is 4. The molecule has 1 N–H and O–H groups in total. The topological polar surface area (TPSA) is 41.6 Å². The first kappa shape index (κ1) is 13.7. The number of hydrogen-bond acceptors (Lipinski definition) is 3. The zero-order valence-electron chi connectivity index (χ0n) is 11.0. The van der Waals surface area contributed by atoms with Crippen molar-refractivity contribution in [1.29, 1.82) is 0 Å². The quantitative estimate of drug-likeness (QED) is 0.816. The van der Waals surface area contributed by atoms with Crippen LogP contribution in [0.3, 0.4) is 0 Å². The van der Waals surface area contributed by atoms with E-state index in [2.05, 4.69) is 5.32 Å². The molecule has 0 aliphatic carbocycles. The number of nitrogens with zero attached hydrogens (tertiary/aromatic N) is 1. The third-order valence-electron chi connectivity index (χ3n) is 3.93. The summed E-state index contributed by atoms with van der Waals surface area (Å²) in [6.45, 7) is 2.46. The van der Waals surface area contributed by atoms with E-state index in [0.717, 1.165) is 26.1 Å². The second kappa shape index (κ2) is 6.48. The van der Waals surface area contributed by atoms with Crippen LogP contribution in [0, 0.1) is 5.92 Å². The molecule has 0 spiro atoms. The highest BCUT2D eigenvalue weighted by molar-refractivity contribution is 5.77. The van der Waals surface area contributed by atoms with Gasteiger partial charge in [0.05, 0.1) is 6.54 Å². The van der Waals surface area contributed by atoms with Gasteiger partial charge in [0.25, 0.3) is 0 Å². The van der Waals surface area contributed by atoms with Crippen molar-refractivity contribution in [2.45, 2.75) is 37.9 Å². The van der Waals surface area contributed by atoms with Crippen molar-refractivity contribution in [2.24, 2.45) is 5.92 Å². The maximum atomic E-state index is 13.4. The van der Waals surface area contributed by atoms with E-state index in [9.17, 15) is 9.18 Å². The lowest BCUT2D eigenvalue weighted by Crippen LogP contribution is -2.41. The molecule has 0 bridgehead atoms. The highest BCUT2D eigenvalue weighted by Gasteiger charge is 2.35. The first-order valence-corrected chi connectivity index (χ1v) is 6.86. The van der Waals surface area contributed by atoms with Crippen molar-refractivity contribution < 1.29 is 13.9 Å². The van der Waals surface area contributed by atoms with Crippen LogP contribution >= 0.6 is 0 Å². The predicted octanol–water partition coefficient (Wildman–Crippen LogP) is 0.961. The lowest BCUT2D eigenvalue weighted by Gasteiger charge is -2.28. The van der Waals surface area contributed by atoms with Crippen LogP contribution in [0.15, 0.2) is 0 Å². The van der Waals surface area contributed by atoms with E-state index in [0.29, 0.717) is 25.3 Å². The highest BCUT2D eigenvalue weighted by Crippen LogP contribution is 2.25. The van der Waals surface area contributed by atoms with E-state index < -0.39 is 6.17 Å². The monoisotopic (exact) mass is 258 g/mol. The number of carbonyl (C=O) groups is 1. The summed E-state index contributed by atoms with van der Waals surface area (Å²) in [6, 6.07) is 0.0253. The van der Waals surface area contributed by atoms with Gasteiger partial charge in [-0.3, -0.25) is 4.79 Å². The lowest BCUT2D eigenvalue weighted by atomic mass is 9.96. The normalized spacial score (nSPS) is 29.8. The highest BCUT2D eigenvalue weighted by atomic mass is 19.1. The molecular formula is C13H23FN2O2. The molecule has 2 saturated heterocycles. The minimum absolute atomic E-state index is 0.0253. The lowest BCUT2D eigenvalue weighted by molar-refractivity contribution is -0.133. The summed E-state index contributed by atoms with van der Waals surface area (Å²) >= 11 is 0. The number of halogens is 1. The third kappa shape index (κ3) is 3.42. The average molecular weight is 258 g/mol. The second-order valence-electron chi connectivity index (χ2n) is 5.35. The summed E-state index contributed by atoms with van der Waals surface area (Å²) in [4.78, 5) is 14.0. The van der Waals surface area contributed by atoms with E-state index in [4.69, 9.17) is 4.74 Å². The predicted molar refractivity (Wildman–Crippen MR) is 67.1 cm³/mol. The number of alkyl halides is 1. The van der Waals surface area contributed by atoms with Crippen molar-refractivity contribution in [3.63, 3.8) is 0 Å². The molecule has 0 saturated carbocycles. The minimum atomic E-state index is -0.859. The molecule has 0 aromatic heterocycles. The maximum Gasteiger partial charge on any atom is 0.223 e. The first-order valence-electron chi connectivity index (χ1n) is 6.86. The van der Waals surface area contributed by atoms with Crippen LogP contribution in [0.5, 0.6) is 0 Å². The van der Waals surface area contributed by atoms with Gasteiger partial charge in [0, 0.05) is 38.6 Å². The molecule has 2 atom stereocenters. The van der Waals surface area contributed by atoms with E-state index in [1.54, 1.807) is 4.90 Å². The number of likely N-dealkylation sites (N-methyl/N-ethyl adjacent to an activating group) is 1. The molecule has 0 aromatic rings. The number of carbonyl (C=O) groups excluding carboxylic acids is 1. The van der Waals surface area contributed by atoms with E-state index in [-0.39, 0.29) is 18.5 Å². The Bertz CT molecular complexity index is 282. The zero-order valence-corrected chi connectivity index (χ0v) is 11.0. The fourth-order valence-corrected chi connectivity index (χ4v) is 2.91. The zero-order chi connectivity index (χ0) is 13.0. The second-order valence-corrected chi connectivity index (χ2v) is 5.35. The Morgan fingerprint density at radius 1 is 1.44 bits per heavy atom. The molecule has 2 fully saturated rings. The van der Waals surface area contributed by atoms with Crippen LogP contribution in [0.25, 0.3) is 0 Å². The largest absolute Gasteiger partial charge is 0.381 e. The molecule has 1 amide bonds.